The Hall–Kier alpha value is -3.67. The van der Waals surface area contributed by atoms with Gasteiger partial charge in [0.05, 0.1) is 0 Å². The number of rotatable bonds is 9. The van der Waals surface area contributed by atoms with Crippen molar-refractivity contribution in [3.63, 3.8) is 0 Å². The average molecular weight is 462 g/mol. The van der Waals surface area contributed by atoms with E-state index in [9.17, 15) is 19.1 Å². The minimum Gasteiger partial charge on any atom is -0.487 e. The predicted molar refractivity (Wildman–Crippen MR) is 128 cm³/mol. The number of nitrogens with zero attached hydrogens (tertiary/aromatic N) is 1. The first-order valence-corrected chi connectivity index (χ1v) is 11.4. The van der Waals surface area contributed by atoms with Gasteiger partial charge in [0.25, 0.3) is 5.91 Å². The van der Waals surface area contributed by atoms with E-state index in [0.29, 0.717) is 31.4 Å². The molecule has 0 spiro atoms. The number of fused-ring (bicyclic) bond motifs is 1. The number of amides is 1. The first-order valence-electron chi connectivity index (χ1n) is 11.4. The molecule has 1 amide bonds. The SMILES string of the molecule is C[C@]1(Cc2ccc(F)cc2)Cc2cc(C(=O)N(CCCc3ccccc3)CC(=O)O)ccc2O1. The molecule has 1 aliphatic heterocycles. The molecule has 6 heteroatoms. The fourth-order valence-corrected chi connectivity index (χ4v) is 4.50. The van der Waals surface area contributed by atoms with Gasteiger partial charge in [0.15, 0.2) is 0 Å². The van der Waals surface area contributed by atoms with Gasteiger partial charge in [-0.25, -0.2) is 4.39 Å². The zero-order valence-corrected chi connectivity index (χ0v) is 19.2. The second kappa shape index (κ2) is 10.1. The highest BCUT2D eigenvalue weighted by molar-refractivity contribution is 5.96. The number of aliphatic carboxylic acids is 1. The summed E-state index contributed by atoms with van der Waals surface area (Å²) in [6, 6.07) is 21.6. The summed E-state index contributed by atoms with van der Waals surface area (Å²) in [6.07, 6.45) is 2.65. The number of halogens is 1. The van der Waals surface area contributed by atoms with Crippen molar-refractivity contribution in [1.82, 2.24) is 4.90 Å². The Morgan fingerprint density at radius 3 is 2.47 bits per heavy atom. The Balaban J connectivity index is 1.44. The largest absolute Gasteiger partial charge is 0.487 e. The molecule has 1 heterocycles. The first kappa shape index (κ1) is 23.5. The number of ether oxygens (including phenoxy) is 1. The number of benzene rings is 3. The third kappa shape index (κ3) is 5.81. The van der Waals surface area contributed by atoms with Crippen LogP contribution in [0.3, 0.4) is 0 Å². The quantitative estimate of drug-likeness (QED) is 0.491. The number of hydrogen-bond donors (Lipinski definition) is 1. The fraction of sp³-hybridized carbons (Fsp3) is 0.286. The highest BCUT2D eigenvalue weighted by atomic mass is 19.1. The maximum absolute atomic E-state index is 13.2. The smallest absolute Gasteiger partial charge is 0.323 e. The van der Waals surface area contributed by atoms with Gasteiger partial charge in [0.1, 0.15) is 23.7 Å². The van der Waals surface area contributed by atoms with Crippen molar-refractivity contribution in [2.45, 2.75) is 38.2 Å². The summed E-state index contributed by atoms with van der Waals surface area (Å²) in [5.41, 5.74) is 2.99. The molecular formula is C28H28FNO4. The standard InChI is InChI=1S/C28H28FNO4/c1-28(17-21-9-12-24(29)13-10-21)18-23-16-22(11-14-25(23)34-28)27(33)30(19-26(31)32)15-5-8-20-6-3-2-4-7-20/h2-4,6-7,9-14,16H,5,8,15,17-19H2,1H3,(H,31,32)/t28-/m0/s1. The van der Waals surface area contributed by atoms with E-state index in [2.05, 4.69) is 0 Å². The molecule has 5 nitrogen and oxygen atoms in total. The van der Waals surface area contributed by atoms with Gasteiger partial charge in [-0.15, -0.1) is 0 Å². The zero-order valence-electron chi connectivity index (χ0n) is 19.2. The van der Waals surface area contributed by atoms with Crippen LogP contribution in [0, 0.1) is 5.82 Å². The molecule has 0 fully saturated rings. The summed E-state index contributed by atoms with van der Waals surface area (Å²) in [5.74, 6) is -0.896. The molecular weight excluding hydrogens is 433 g/mol. The molecule has 3 aromatic rings. The summed E-state index contributed by atoms with van der Waals surface area (Å²) < 4.78 is 19.4. The minimum atomic E-state index is -1.04. The summed E-state index contributed by atoms with van der Waals surface area (Å²) in [4.78, 5) is 26.0. The molecule has 0 aromatic heterocycles. The molecule has 1 aliphatic rings. The topological polar surface area (TPSA) is 66.8 Å². The summed E-state index contributed by atoms with van der Waals surface area (Å²) in [6.45, 7) is 2.01. The zero-order chi connectivity index (χ0) is 24.1. The van der Waals surface area contributed by atoms with Crippen LogP contribution in [0.1, 0.15) is 40.4 Å². The van der Waals surface area contributed by atoms with Crippen LogP contribution in [0.15, 0.2) is 72.8 Å². The van der Waals surface area contributed by atoms with Gasteiger partial charge in [-0.1, -0.05) is 42.5 Å². The lowest BCUT2D eigenvalue weighted by Crippen LogP contribution is -2.36. The Kier molecular flexibility index (Phi) is 6.96. The second-order valence-electron chi connectivity index (χ2n) is 9.06. The van der Waals surface area contributed by atoms with E-state index in [1.165, 1.54) is 17.0 Å². The van der Waals surface area contributed by atoms with E-state index in [4.69, 9.17) is 4.74 Å². The number of carboxylic acids is 1. The predicted octanol–water partition coefficient (Wildman–Crippen LogP) is 4.92. The molecule has 1 atom stereocenters. The lowest BCUT2D eigenvalue weighted by molar-refractivity contribution is -0.137. The average Bonchev–Trinajstić information content (AvgIpc) is 3.15. The van der Waals surface area contributed by atoms with Gasteiger partial charge in [-0.3, -0.25) is 9.59 Å². The third-order valence-electron chi connectivity index (χ3n) is 6.07. The lowest BCUT2D eigenvalue weighted by atomic mass is 9.91. The normalized spacial score (nSPS) is 16.5. The van der Waals surface area contributed by atoms with Crippen molar-refractivity contribution in [2.75, 3.05) is 13.1 Å². The van der Waals surface area contributed by atoms with Crippen LogP contribution in [0.4, 0.5) is 4.39 Å². The van der Waals surface area contributed by atoms with E-state index >= 15 is 0 Å². The molecule has 0 saturated carbocycles. The Labute approximate surface area is 198 Å². The molecule has 176 valence electrons. The number of hydrogen-bond acceptors (Lipinski definition) is 3. The lowest BCUT2D eigenvalue weighted by Gasteiger charge is -2.24. The maximum Gasteiger partial charge on any atom is 0.323 e. The van der Waals surface area contributed by atoms with E-state index in [1.54, 1.807) is 30.3 Å². The fourth-order valence-electron chi connectivity index (χ4n) is 4.50. The summed E-state index contributed by atoms with van der Waals surface area (Å²) in [7, 11) is 0. The molecule has 0 saturated heterocycles. The molecule has 0 unspecified atom stereocenters. The van der Waals surface area contributed by atoms with E-state index in [1.807, 2.05) is 37.3 Å². The van der Waals surface area contributed by atoms with Crippen LogP contribution in [-0.2, 0) is 24.1 Å². The van der Waals surface area contributed by atoms with Gasteiger partial charge >= 0.3 is 5.97 Å². The second-order valence-corrected chi connectivity index (χ2v) is 9.06. The molecule has 34 heavy (non-hydrogen) atoms. The van der Waals surface area contributed by atoms with Gasteiger partial charge in [-0.2, -0.15) is 0 Å². The van der Waals surface area contributed by atoms with Crippen molar-refractivity contribution in [2.24, 2.45) is 0 Å². The molecule has 0 aliphatic carbocycles. The van der Waals surface area contributed by atoms with Gasteiger partial charge in [0.2, 0.25) is 0 Å². The van der Waals surface area contributed by atoms with Crippen LogP contribution in [0.2, 0.25) is 0 Å². The monoisotopic (exact) mass is 461 g/mol. The van der Waals surface area contributed by atoms with Crippen molar-refractivity contribution in [1.29, 1.82) is 0 Å². The molecule has 3 aromatic carbocycles. The van der Waals surface area contributed by atoms with Crippen LogP contribution in [0.25, 0.3) is 0 Å². The summed E-state index contributed by atoms with van der Waals surface area (Å²) in [5, 5.41) is 9.34. The number of carboxylic acid groups (broad SMARTS) is 1. The highest BCUT2D eigenvalue weighted by Gasteiger charge is 2.35. The van der Waals surface area contributed by atoms with Crippen molar-refractivity contribution < 1.29 is 23.8 Å². The third-order valence-corrected chi connectivity index (χ3v) is 6.07. The van der Waals surface area contributed by atoms with Crippen molar-refractivity contribution in [3.05, 3.63) is 101 Å². The van der Waals surface area contributed by atoms with Gasteiger partial charge in [-0.05, 0) is 66.8 Å². The minimum absolute atomic E-state index is 0.276. The highest BCUT2D eigenvalue weighted by Crippen LogP contribution is 2.37. The molecule has 0 radical (unpaired) electrons. The number of aryl methyl sites for hydroxylation is 1. The molecule has 0 bridgehead atoms. The van der Waals surface area contributed by atoms with E-state index in [-0.39, 0.29) is 18.3 Å². The Morgan fingerprint density at radius 2 is 1.76 bits per heavy atom. The van der Waals surface area contributed by atoms with Gasteiger partial charge < -0.3 is 14.7 Å². The molecule has 1 N–H and O–H groups in total. The Morgan fingerprint density at radius 1 is 1.03 bits per heavy atom. The first-order chi connectivity index (χ1) is 16.3. The number of carbonyl (C=O) groups excluding carboxylic acids is 1. The van der Waals surface area contributed by atoms with Gasteiger partial charge in [0, 0.05) is 24.9 Å². The van der Waals surface area contributed by atoms with Crippen molar-refractivity contribution in [3.8, 4) is 5.75 Å². The van der Waals surface area contributed by atoms with Crippen molar-refractivity contribution >= 4 is 11.9 Å². The van der Waals surface area contributed by atoms with Crippen LogP contribution in [-0.4, -0.2) is 40.6 Å². The summed E-state index contributed by atoms with van der Waals surface area (Å²) >= 11 is 0. The van der Waals surface area contributed by atoms with E-state index < -0.39 is 11.6 Å². The van der Waals surface area contributed by atoms with E-state index in [0.717, 1.165) is 28.9 Å². The molecule has 4 rings (SSSR count). The Bertz CT molecular complexity index is 1160. The van der Waals surface area contributed by atoms with Crippen LogP contribution in [0.5, 0.6) is 5.75 Å². The maximum atomic E-state index is 13.2. The van der Waals surface area contributed by atoms with Crippen LogP contribution >= 0.6 is 0 Å². The van der Waals surface area contributed by atoms with Crippen LogP contribution < -0.4 is 4.74 Å². The number of carbonyl (C=O) groups is 2.